The highest BCUT2D eigenvalue weighted by atomic mass is 127. The Labute approximate surface area is 265 Å². The zero-order valence-corrected chi connectivity index (χ0v) is 27.3. The topological polar surface area (TPSA) is 79.1 Å². The van der Waals surface area contributed by atoms with E-state index >= 15 is 0 Å². The van der Waals surface area contributed by atoms with Crippen LogP contribution in [0.25, 0.3) is 11.8 Å². The molecule has 4 aromatic rings. The minimum atomic E-state index is -0.719. The molecule has 3 aromatic carbocycles. The standard InChI is InChI=1S/C32H29IN2O5S2/c1-5-39-29-23(33)16-19(17-24(29)38-3)18-25-30(36)35-28(21-12-14-22(41-4)15-13-21)26(31(37)40-6-2)27(34-32(35)42-25)20-10-8-7-9-11-20/h7-18,28H,5-6H2,1-4H3/b25-18-/t28-/m0/s1. The Morgan fingerprint density at radius 3 is 2.48 bits per heavy atom. The Morgan fingerprint density at radius 1 is 1.10 bits per heavy atom. The van der Waals surface area contributed by atoms with Crippen LogP contribution in [0.3, 0.4) is 0 Å². The second kappa shape index (κ2) is 13.3. The number of carbonyl (C=O) groups excluding carboxylic acids is 1. The molecule has 1 aliphatic heterocycles. The first kappa shape index (κ1) is 30.1. The fourth-order valence-electron chi connectivity index (χ4n) is 4.80. The largest absolute Gasteiger partial charge is 0.493 e. The van der Waals surface area contributed by atoms with E-state index in [1.165, 1.54) is 11.3 Å². The average Bonchev–Trinajstić information content (AvgIpc) is 3.32. The molecular formula is C32H29IN2O5S2. The van der Waals surface area contributed by atoms with E-state index < -0.39 is 12.0 Å². The highest BCUT2D eigenvalue weighted by molar-refractivity contribution is 14.1. The lowest BCUT2D eigenvalue weighted by atomic mass is 9.93. The third-order valence-electron chi connectivity index (χ3n) is 6.64. The van der Waals surface area contributed by atoms with Gasteiger partial charge in [0.2, 0.25) is 0 Å². The van der Waals surface area contributed by atoms with E-state index in [0.29, 0.717) is 38.7 Å². The molecule has 0 spiro atoms. The molecule has 0 aliphatic carbocycles. The number of nitrogens with zero attached hydrogens (tertiary/aromatic N) is 2. The number of ether oxygens (including phenoxy) is 3. The summed E-state index contributed by atoms with van der Waals surface area (Å²) >= 11 is 5.12. The molecule has 216 valence electrons. The number of benzene rings is 3. The number of halogens is 1. The quantitative estimate of drug-likeness (QED) is 0.127. The zero-order chi connectivity index (χ0) is 29.8. The van der Waals surface area contributed by atoms with Crippen LogP contribution in [-0.2, 0) is 9.53 Å². The molecule has 0 unspecified atom stereocenters. The smallest absolute Gasteiger partial charge is 0.338 e. The van der Waals surface area contributed by atoms with Gasteiger partial charge in [0, 0.05) is 10.5 Å². The highest BCUT2D eigenvalue weighted by Crippen LogP contribution is 2.36. The number of fused-ring (bicyclic) bond motifs is 1. The molecule has 0 fully saturated rings. The summed E-state index contributed by atoms with van der Waals surface area (Å²) in [6.07, 6.45) is 3.83. The average molecular weight is 713 g/mol. The Morgan fingerprint density at radius 2 is 1.83 bits per heavy atom. The summed E-state index contributed by atoms with van der Waals surface area (Å²) in [4.78, 5) is 34.3. The molecule has 0 N–H and O–H groups in total. The van der Waals surface area contributed by atoms with Gasteiger partial charge in [-0.15, -0.1) is 11.8 Å². The Balaban J connectivity index is 1.78. The molecule has 42 heavy (non-hydrogen) atoms. The lowest BCUT2D eigenvalue weighted by molar-refractivity contribution is -0.138. The van der Waals surface area contributed by atoms with Crippen LogP contribution in [-0.4, -0.2) is 37.1 Å². The first-order valence-electron chi connectivity index (χ1n) is 13.3. The Bertz CT molecular complexity index is 1830. The van der Waals surface area contributed by atoms with Gasteiger partial charge in [-0.1, -0.05) is 53.8 Å². The minimum Gasteiger partial charge on any atom is -0.493 e. The van der Waals surface area contributed by atoms with Gasteiger partial charge in [0.05, 0.1) is 45.7 Å². The van der Waals surface area contributed by atoms with E-state index in [1.807, 2.05) is 86.0 Å². The summed E-state index contributed by atoms with van der Waals surface area (Å²) in [6.45, 7) is 4.40. The van der Waals surface area contributed by atoms with Crippen molar-refractivity contribution in [2.45, 2.75) is 24.8 Å². The van der Waals surface area contributed by atoms with E-state index in [1.54, 1.807) is 30.4 Å². The highest BCUT2D eigenvalue weighted by Gasteiger charge is 2.35. The van der Waals surface area contributed by atoms with Crippen molar-refractivity contribution >= 4 is 63.4 Å². The van der Waals surface area contributed by atoms with Crippen molar-refractivity contribution in [2.24, 2.45) is 4.99 Å². The number of aromatic nitrogens is 1. The van der Waals surface area contributed by atoms with Gasteiger partial charge in [-0.3, -0.25) is 9.36 Å². The van der Waals surface area contributed by atoms with Gasteiger partial charge < -0.3 is 14.2 Å². The molecule has 2 heterocycles. The van der Waals surface area contributed by atoms with Crippen molar-refractivity contribution in [1.82, 2.24) is 4.57 Å². The molecule has 0 saturated heterocycles. The summed E-state index contributed by atoms with van der Waals surface area (Å²) in [6, 6.07) is 20.5. The third kappa shape index (κ3) is 5.93. The monoisotopic (exact) mass is 712 g/mol. The van der Waals surface area contributed by atoms with Crippen LogP contribution in [0.5, 0.6) is 11.5 Å². The van der Waals surface area contributed by atoms with E-state index in [-0.39, 0.29) is 12.2 Å². The number of hydrogen-bond acceptors (Lipinski definition) is 8. The molecule has 0 amide bonds. The molecule has 0 bridgehead atoms. The van der Waals surface area contributed by atoms with E-state index in [9.17, 15) is 9.59 Å². The summed E-state index contributed by atoms with van der Waals surface area (Å²) in [5, 5.41) is 0. The molecule has 5 rings (SSSR count). The first-order valence-corrected chi connectivity index (χ1v) is 16.4. The van der Waals surface area contributed by atoms with E-state index in [4.69, 9.17) is 19.2 Å². The van der Waals surface area contributed by atoms with E-state index in [0.717, 1.165) is 25.2 Å². The Kier molecular flexibility index (Phi) is 9.54. The van der Waals surface area contributed by atoms with Gasteiger partial charge in [0.1, 0.15) is 0 Å². The number of esters is 1. The summed E-state index contributed by atoms with van der Waals surface area (Å²) in [5.41, 5.74) is 2.95. The van der Waals surface area contributed by atoms with Gasteiger partial charge in [0.15, 0.2) is 16.3 Å². The van der Waals surface area contributed by atoms with Crippen LogP contribution in [0.1, 0.15) is 36.6 Å². The predicted molar refractivity (Wildman–Crippen MR) is 176 cm³/mol. The number of thioether (sulfide) groups is 1. The molecule has 7 nitrogen and oxygen atoms in total. The summed E-state index contributed by atoms with van der Waals surface area (Å²) in [5.74, 6) is 0.754. The molecule has 0 saturated carbocycles. The summed E-state index contributed by atoms with van der Waals surface area (Å²) < 4.78 is 19.9. The number of thiazole rings is 1. The van der Waals surface area contributed by atoms with E-state index in [2.05, 4.69) is 22.6 Å². The van der Waals surface area contributed by atoms with Crippen LogP contribution >= 0.6 is 45.7 Å². The predicted octanol–water partition coefficient (Wildman–Crippen LogP) is 5.67. The first-order chi connectivity index (χ1) is 20.4. The molecule has 1 aromatic heterocycles. The third-order valence-corrected chi connectivity index (χ3v) is 9.17. The normalized spacial score (nSPS) is 14.8. The van der Waals surface area contributed by atoms with Crippen molar-refractivity contribution in [2.75, 3.05) is 26.6 Å². The zero-order valence-electron chi connectivity index (χ0n) is 23.5. The number of hydrogen-bond donors (Lipinski definition) is 0. The fourth-order valence-corrected chi connectivity index (χ4v) is 6.99. The minimum absolute atomic E-state index is 0.200. The molecular weight excluding hydrogens is 683 g/mol. The van der Waals surface area contributed by atoms with Gasteiger partial charge >= 0.3 is 5.97 Å². The van der Waals surface area contributed by atoms with Crippen LogP contribution in [0.2, 0.25) is 0 Å². The van der Waals surface area contributed by atoms with Crippen molar-refractivity contribution in [3.8, 4) is 11.5 Å². The lowest BCUT2D eigenvalue weighted by Crippen LogP contribution is -2.40. The van der Waals surface area contributed by atoms with Gasteiger partial charge in [-0.25, -0.2) is 9.79 Å². The second-order valence-electron chi connectivity index (χ2n) is 9.17. The van der Waals surface area contributed by atoms with Crippen LogP contribution < -0.4 is 24.4 Å². The van der Waals surface area contributed by atoms with Crippen molar-refractivity contribution in [1.29, 1.82) is 0 Å². The SMILES string of the molecule is CCOC(=O)C1=C(c2ccccc2)N=c2s/c(=C\c3cc(I)c(OCC)c(OC)c3)c(=O)n2[C@H]1c1ccc(SC)cc1. The van der Waals surface area contributed by atoms with Crippen molar-refractivity contribution < 1.29 is 19.0 Å². The molecule has 1 aliphatic rings. The number of carbonyl (C=O) groups is 1. The molecule has 1 atom stereocenters. The van der Waals surface area contributed by atoms with Gasteiger partial charge in [-0.05, 0) is 84.2 Å². The fraction of sp³-hybridized carbons (Fsp3) is 0.219. The number of rotatable bonds is 9. The molecule has 0 radical (unpaired) electrons. The maximum atomic E-state index is 14.1. The van der Waals surface area contributed by atoms with Crippen LogP contribution in [0.4, 0.5) is 0 Å². The Hall–Kier alpha value is -3.35. The van der Waals surface area contributed by atoms with Crippen LogP contribution in [0.15, 0.2) is 87.0 Å². The van der Waals surface area contributed by atoms with Crippen LogP contribution in [0, 0.1) is 3.57 Å². The second-order valence-corrected chi connectivity index (χ2v) is 12.2. The maximum Gasteiger partial charge on any atom is 0.338 e. The van der Waals surface area contributed by atoms with Crippen molar-refractivity contribution in [3.63, 3.8) is 0 Å². The van der Waals surface area contributed by atoms with Gasteiger partial charge in [0.25, 0.3) is 5.56 Å². The lowest BCUT2D eigenvalue weighted by Gasteiger charge is -2.26. The molecule has 10 heteroatoms. The maximum absolute atomic E-state index is 14.1. The van der Waals surface area contributed by atoms with Gasteiger partial charge in [-0.2, -0.15) is 0 Å². The van der Waals surface area contributed by atoms with Crippen molar-refractivity contribution in [3.05, 3.63) is 112 Å². The summed E-state index contributed by atoms with van der Waals surface area (Å²) in [7, 11) is 1.59. The number of methoxy groups -OCH3 is 1.